The van der Waals surface area contributed by atoms with Crippen LogP contribution in [0.1, 0.15) is 0 Å². The summed E-state index contributed by atoms with van der Waals surface area (Å²) in [7, 11) is -5.39. The predicted molar refractivity (Wildman–Crippen MR) is 24.9 cm³/mol. The van der Waals surface area contributed by atoms with Crippen molar-refractivity contribution in [1.29, 1.82) is 0 Å². The van der Waals surface area contributed by atoms with Gasteiger partial charge in [-0.2, -0.15) is 7.82 Å². The second-order valence-corrected chi connectivity index (χ2v) is 1.34. The van der Waals surface area contributed by atoms with Crippen molar-refractivity contribution in [3.8, 4) is 0 Å². The Morgan fingerprint density at radius 2 is 0.889 bits per heavy atom. The molecule has 0 aliphatic carbocycles. The maximum Gasteiger partial charge on any atom is 2.00 e. The summed E-state index contributed by atoms with van der Waals surface area (Å²) in [6.07, 6.45) is 0. The first-order chi connectivity index (χ1) is 2.00. The summed E-state index contributed by atoms with van der Waals surface area (Å²) in [5.41, 5.74) is 0. The molecule has 0 aromatic heterocycles. The van der Waals surface area contributed by atoms with Gasteiger partial charge in [0, 0.05) is 0 Å². The van der Waals surface area contributed by atoms with E-state index in [1.807, 2.05) is 0 Å². The second kappa shape index (κ2) is 14.9. The van der Waals surface area contributed by atoms with Crippen molar-refractivity contribution in [2.24, 2.45) is 0 Å². The van der Waals surface area contributed by atoms with E-state index in [1.54, 1.807) is 0 Å². The van der Waals surface area contributed by atoms with E-state index in [0.717, 1.165) is 0 Å². The molecule has 0 aromatic carbocycles. The van der Waals surface area contributed by atoms with E-state index in [4.69, 9.17) is 19.2 Å². The van der Waals surface area contributed by atoms with Gasteiger partial charge in [-0.25, -0.2) is 0 Å². The summed E-state index contributed by atoms with van der Waals surface area (Å²) in [6.45, 7) is 0. The molecule has 0 aromatic rings. The van der Waals surface area contributed by atoms with Crippen LogP contribution in [0.3, 0.4) is 0 Å². The van der Waals surface area contributed by atoms with E-state index in [0.29, 0.717) is 0 Å². The van der Waals surface area contributed by atoms with E-state index < -0.39 is 7.82 Å². The van der Waals surface area contributed by atoms with Crippen molar-refractivity contribution < 1.29 is 36.3 Å². The van der Waals surface area contributed by atoms with Crippen LogP contribution >= 0.6 is 7.82 Å². The molecule has 0 radical (unpaired) electrons. The van der Waals surface area contributed by atoms with Crippen molar-refractivity contribution in [3.05, 3.63) is 0 Å². The first-order valence-electron chi connectivity index (χ1n) is 0.730. The maximum atomic E-state index is 8.55. The summed E-state index contributed by atoms with van der Waals surface area (Å²) in [5, 5.41) is 0. The molecule has 0 rings (SSSR count). The molecule has 0 saturated heterocycles. The average Bonchev–Trinajstić information content (AvgIpc) is 0.722. The summed E-state index contributed by atoms with van der Waals surface area (Å²) in [5.74, 6) is 0. The van der Waals surface area contributed by atoms with E-state index in [-0.39, 0.29) is 130 Å². The van der Waals surface area contributed by atoms with E-state index in [9.17, 15) is 0 Å². The molecule has 0 unspecified atom stereocenters. The van der Waals surface area contributed by atoms with Crippen molar-refractivity contribution in [1.82, 2.24) is 0 Å². The topological polar surface area (TPSA) is 86.2 Å². The van der Waals surface area contributed by atoms with Gasteiger partial charge in [-0.15, -0.1) is 0 Å². The molecule has 0 atom stereocenters. The summed E-state index contributed by atoms with van der Waals surface area (Å²) in [4.78, 5) is 25.6. The van der Waals surface area contributed by atoms with Crippen LogP contribution in [0.2, 0.25) is 0 Å². The van der Waals surface area contributed by atoms with Crippen molar-refractivity contribution in [2.75, 3.05) is 0 Å². The maximum absolute atomic E-state index is 8.55. The summed E-state index contributed by atoms with van der Waals surface area (Å²) in [6, 6.07) is 0. The zero-order valence-electron chi connectivity index (χ0n) is 4.56. The van der Waals surface area contributed by atoms with Crippen LogP contribution in [-0.4, -0.2) is 113 Å². The third kappa shape index (κ3) is 69.2. The molecule has 0 N–H and O–H groups in total. The Kier molecular flexibility index (Phi) is 48.4. The smallest absolute Gasteiger partial charge is 0.822 e. The Morgan fingerprint density at radius 3 is 0.889 bits per heavy atom. The molecule has 9 heavy (non-hydrogen) atoms. The Balaban J connectivity index is -0.0000000133. The van der Waals surface area contributed by atoms with Crippen LogP contribution in [0.5, 0.6) is 0 Å². The van der Waals surface area contributed by atoms with Crippen LogP contribution < -0.4 is 14.7 Å². The molecule has 0 amide bonds. The van der Waals surface area contributed by atoms with Gasteiger partial charge in [-0.1, -0.05) is 0 Å². The van der Waals surface area contributed by atoms with E-state index >= 15 is 0 Å². The standard InChI is InChI=1S/3Ca.Fe.H3O4P/c;;;;1-5(2,3)4/h;;;;(H3,1,2,3,4)/q4*+2;/p-3. The van der Waals surface area contributed by atoms with Gasteiger partial charge in [0.1, 0.15) is 0 Å². The van der Waals surface area contributed by atoms with Crippen molar-refractivity contribution in [3.63, 3.8) is 0 Å². The average molecular weight is 271 g/mol. The van der Waals surface area contributed by atoms with Crippen LogP contribution in [0.25, 0.3) is 0 Å². The van der Waals surface area contributed by atoms with Gasteiger partial charge < -0.3 is 19.2 Å². The Morgan fingerprint density at radius 1 is 0.889 bits per heavy atom. The predicted octanol–water partition coefficient (Wildman–Crippen LogP) is -3.97. The van der Waals surface area contributed by atoms with Gasteiger partial charge >= 0.3 is 130 Å². The minimum Gasteiger partial charge on any atom is -0.822 e. The molecule has 0 spiro atoms. The zero-order chi connectivity index (χ0) is 4.50. The van der Waals surface area contributed by atoms with Gasteiger partial charge in [0.15, 0.2) is 0 Å². The van der Waals surface area contributed by atoms with Crippen LogP contribution in [0.4, 0.5) is 0 Å². The fourth-order valence-corrected chi connectivity index (χ4v) is 0. The van der Waals surface area contributed by atoms with Gasteiger partial charge in [0.2, 0.25) is 0 Å². The minimum atomic E-state index is -5.39. The molecular weight excluding hydrogens is 271 g/mol. The van der Waals surface area contributed by atoms with E-state index in [1.165, 1.54) is 0 Å². The number of hydrogen-bond acceptors (Lipinski definition) is 4. The molecule has 0 fully saturated rings. The van der Waals surface area contributed by atoms with Crippen molar-refractivity contribution in [2.45, 2.75) is 0 Å². The fourth-order valence-electron chi connectivity index (χ4n) is 0. The third-order valence-corrected chi connectivity index (χ3v) is 0. The van der Waals surface area contributed by atoms with Crippen LogP contribution in [0.15, 0.2) is 0 Å². The van der Waals surface area contributed by atoms with Crippen molar-refractivity contribution >= 4 is 121 Å². The summed E-state index contributed by atoms with van der Waals surface area (Å²) >= 11 is 0. The molecule has 38 valence electrons. The van der Waals surface area contributed by atoms with Gasteiger partial charge in [-0.05, 0) is 0 Å². The molecule has 0 aliphatic rings. The van der Waals surface area contributed by atoms with E-state index in [2.05, 4.69) is 0 Å². The third-order valence-electron chi connectivity index (χ3n) is 0. The van der Waals surface area contributed by atoms with Gasteiger partial charge in [0.25, 0.3) is 0 Å². The Bertz CT molecular complexity index is 61.9. The zero-order valence-corrected chi connectivity index (χ0v) is 13.2. The largest absolute Gasteiger partial charge is 2.00 e. The molecular formula is Ca3FeO4P+5. The molecule has 0 bridgehead atoms. The second-order valence-electron chi connectivity index (χ2n) is 0.447. The Labute approximate surface area is 153 Å². The summed E-state index contributed by atoms with van der Waals surface area (Å²) < 4.78 is 8.55. The fraction of sp³-hybridized carbons (Fsp3) is 0. The van der Waals surface area contributed by atoms with Crippen LogP contribution in [0, 0.1) is 0 Å². The van der Waals surface area contributed by atoms with Gasteiger partial charge in [0.05, 0.1) is 0 Å². The first kappa shape index (κ1) is 29.2. The minimum absolute atomic E-state index is 0. The molecule has 0 saturated carbocycles. The normalized spacial score (nSPS) is 6.56. The number of hydrogen-bond donors (Lipinski definition) is 0. The SMILES string of the molecule is O=P([O-])([O-])[O-].[Ca+2].[Ca+2].[Ca+2].[Fe+2]. The quantitative estimate of drug-likeness (QED) is 0.332. The number of rotatable bonds is 0. The van der Waals surface area contributed by atoms with Gasteiger partial charge in [-0.3, -0.25) is 0 Å². The van der Waals surface area contributed by atoms with Crippen LogP contribution in [-0.2, 0) is 21.6 Å². The Hall–Kier alpha value is 4.41. The molecule has 9 heteroatoms. The molecule has 4 nitrogen and oxygen atoms in total. The monoisotopic (exact) mass is 271 g/mol. The first-order valence-corrected chi connectivity index (χ1v) is 2.19. The number of phosphoric acid groups is 1. The molecule has 0 heterocycles. The molecule has 0 aliphatic heterocycles.